The third-order valence-corrected chi connectivity index (χ3v) is 5.57. The van der Waals surface area contributed by atoms with Gasteiger partial charge in [0.05, 0.1) is 0 Å². The van der Waals surface area contributed by atoms with Crippen LogP contribution in [0.3, 0.4) is 0 Å². The van der Waals surface area contributed by atoms with E-state index >= 15 is 0 Å². The summed E-state index contributed by atoms with van der Waals surface area (Å²) in [5.74, 6) is 2.55. The average Bonchev–Trinajstić information content (AvgIpc) is 2.92. The normalized spacial score (nSPS) is 35.9. The molecule has 0 bridgehead atoms. The third kappa shape index (κ3) is 4.44. The van der Waals surface area contributed by atoms with E-state index in [1.807, 2.05) is 0 Å². The number of hydrogen-bond donors (Lipinski definition) is 1. The molecule has 0 amide bonds. The van der Waals surface area contributed by atoms with Crippen molar-refractivity contribution in [2.75, 3.05) is 46.8 Å². The highest BCUT2D eigenvalue weighted by Crippen LogP contribution is 2.34. The van der Waals surface area contributed by atoms with Gasteiger partial charge in [-0.15, -0.1) is 0 Å². The van der Waals surface area contributed by atoms with Gasteiger partial charge < -0.3 is 15.1 Å². The standard InChI is InChI=1S/C17H35N3/c1-14-11-15(2)16(17(12-14)18-3)13-19(4)9-10-20-7-5-6-8-20/h14-18H,5-13H2,1-4H3. The fourth-order valence-electron chi connectivity index (χ4n) is 4.32. The van der Waals surface area contributed by atoms with Crippen molar-refractivity contribution in [1.82, 2.24) is 15.1 Å². The lowest BCUT2D eigenvalue weighted by Gasteiger charge is -2.41. The lowest BCUT2D eigenvalue weighted by molar-refractivity contribution is 0.111. The quantitative estimate of drug-likeness (QED) is 0.806. The van der Waals surface area contributed by atoms with Gasteiger partial charge in [-0.25, -0.2) is 0 Å². The molecule has 4 atom stereocenters. The van der Waals surface area contributed by atoms with Gasteiger partial charge in [-0.3, -0.25) is 0 Å². The molecular formula is C17H35N3. The highest BCUT2D eigenvalue weighted by atomic mass is 15.2. The third-order valence-electron chi connectivity index (χ3n) is 5.57. The number of likely N-dealkylation sites (N-methyl/N-ethyl adjacent to an activating group) is 1. The molecule has 1 N–H and O–H groups in total. The van der Waals surface area contributed by atoms with Gasteiger partial charge in [-0.1, -0.05) is 13.8 Å². The molecule has 0 aromatic carbocycles. The Kier molecular flexibility index (Phi) is 6.31. The minimum absolute atomic E-state index is 0.711. The highest BCUT2D eigenvalue weighted by Gasteiger charge is 2.33. The lowest BCUT2D eigenvalue weighted by Crippen LogP contribution is -2.48. The van der Waals surface area contributed by atoms with Crippen LogP contribution in [0.15, 0.2) is 0 Å². The second kappa shape index (κ2) is 7.77. The van der Waals surface area contributed by atoms with Crippen LogP contribution in [0.2, 0.25) is 0 Å². The van der Waals surface area contributed by atoms with Gasteiger partial charge in [-0.05, 0) is 70.6 Å². The molecule has 0 aromatic heterocycles. The van der Waals surface area contributed by atoms with Crippen molar-refractivity contribution in [2.24, 2.45) is 17.8 Å². The Hall–Kier alpha value is -0.120. The summed E-state index contributed by atoms with van der Waals surface area (Å²) < 4.78 is 0. The summed E-state index contributed by atoms with van der Waals surface area (Å²) in [6.07, 6.45) is 5.57. The minimum atomic E-state index is 0.711. The van der Waals surface area contributed by atoms with Gasteiger partial charge in [0.25, 0.3) is 0 Å². The fourth-order valence-corrected chi connectivity index (χ4v) is 4.32. The monoisotopic (exact) mass is 281 g/mol. The number of nitrogens with one attached hydrogen (secondary N) is 1. The van der Waals surface area contributed by atoms with Crippen molar-refractivity contribution in [3.63, 3.8) is 0 Å². The van der Waals surface area contributed by atoms with Crippen LogP contribution in [-0.4, -0.2) is 62.7 Å². The first-order chi connectivity index (χ1) is 9.60. The van der Waals surface area contributed by atoms with Gasteiger partial charge in [0, 0.05) is 25.7 Å². The largest absolute Gasteiger partial charge is 0.317 e. The summed E-state index contributed by atoms with van der Waals surface area (Å²) in [5.41, 5.74) is 0. The van der Waals surface area contributed by atoms with Gasteiger partial charge in [0.1, 0.15) is 0 Å². The molecule has 4 unspecified atom stereocenters. The molecule has 1 aliphatic carbocycles. The summed E-state index contributed by atoms with van der Waals surface area (Å²) in [5, 5.41) is 3.58. The SMILES string of the molecule is CNC1CC(C)CC(C)C1CN(C)CCN1CCCC1. The van der Waals surface area contributed by atoms with E-state index in [0.29, 0.717) is 6.04 Å². The van der Waals surface area contributed by atoms with Crippen molar-refractivity contribution in [3.05, 3.63) is 0 Å². The molecule has 1 saturated carbocycles. The molecule has 0 aromatic rings. The van der Waals surface area contributed by atoms with Gasteiger partial charge >= 0.3 is 0 Å². The van der Waals surface area contributed by atoms with Crippen LogP contribution in [0.25, 0.3) is 0 Å². The molecule has 2 fully saturated rings. The minimum Gasteiger partial charge on any atom is -0.317 e. The smallest absolute Gasteiger partial charge is 0.0110 e. The second-order valence-electron chi connectivity index (χ2n) is 7.42. The van der Waals surface area contributed by atoms with Crippen LogP contribution in [0.5, 0.6) is 0 Å². The van der Waals surface area contributed by atoms with Crippen molar-refractivity contribution in [2.45, 2.75) is 45.6 Å². The van der Waals surface area contributed by atoms with Crippen LogP contribution in [0, 0.1) is 17.8 Å². The maximum absolute atomic E-state index is 3.58. The Labute approximate surface area is 126 Å². The zero-order chi connectivity index (χ0) is 14.5. The molecule has 20 heavy (non-hydrogen) atoms. The van der Waals surface area contributed by atoms with E-state index in [4.69, 9.17) is 0 Å². The van der Waals surface area contributed by atoms with E-state index in [1.54, 1.807) is 0 Å². The van der Waals surface area contributed by atoms with E-state index in [2.05, 4.69) is 43.1 Å². The topological polar surface area (TPSA) is 18.5 Å². The van der Waals surface area contributed by atoms with E-state index in [9.17, 15) is 0 Å². The van der Waals surface area contributed by atoms with Crippen LogP contribution < -0.4 is 5.32 Å². The van der Waals surface area contributed by atoms with Crippen molar-refractivity contribution in [3.8, 4) is 0 Å². The Morgan fingerprint density at radius 1 is 1.15 bits per heavy atom. The van der Waals surface area contributed by atoms with Gasteiger partial charge in [0.15, 0.2) is 0 Å². The van der Waals surface area contributed by atoms with Crippen LogP contribution >= 0.6 is 0 Å². The van der Waals surface area contributed by atoms with Crippen molar-refractivity contribution < 1.29 is 0 Å². The Balaban J connectivity index is 1.77. The zero-order valence-electron chi connectivity index (χ0n) is 14.1. The van der Waals surface area contributed by atoms with E-state index < -0.39 is 0 Å². The van der Waals surface area contributed by atoms with Crippen LogP contribution in [-0.2, 0) is 0 Å². The van der Waals surface area contributed by atoms with E-state index in [-0.39, 0.29) is 0 Å². The van der Waals surface area contributed by atoms with Crippen molar-refractivity contribution >= 4 is 0 Å². The Bertz CT molecular complexity index is 275. The first kappa shape index (κ1) is 16.3. The molecule has 3 nitrogen and oxygen atoms in total. The van der Waals surface area contributed by atoms with Gasteiger partial charge in [-0.2, -0.15) is 0 Å². The molecule has 0 spiro atoms. The summed E-state index contributed by atoms with van der Waals surface area (Å²) in [4.78, 5) is 5.19. The molecule has 1 aliphatic heterocycles. The molecule has 1 heterocycles. The fraction of sp³-hybridized carbons (Fsp3) is 1.00. The predicted molar refractivity (Wildman–Crippen MR) is 87.1 cm³/mol. The first-order valence-corrected chi connectivity index (χ1v) is 8.68. The molecule has 3 heteroatoms. The summed E-state index contributed by atoms with van der Waals surface area (Å²) >= 11 is 0. The van der Waals surface area contributed by atoms with Gasteiger partial charge in [0.2, 0.25) is 0 Å². The second-order valence-corrected chi connectivity index (χ2v) is 7.42. The molecule has 0 radical (unpaired) electrons. The molecule has 1 saturated heterocycles. The number of likely N-dealkylation sites (tertiary alicyclic amines) is 1. The van der Waals surface area contributed by atoms with Crippen LogP contribution in [0.1, 0.15) is 39.5 Å². The Morgan fingerprint density at radius 2 is 1.85 bits per heavy atom. The van der Waals surface area contributed by atoms with Crippen LogP contribution in [0.4, 0.5) is 0 Å². The predicted octanol–water partition coefficient (Wildman–Crippen LogP) is 2.28. The summed E-state index contributed by atoms with van der Waals surface area (Å²) in [7, 11) is 4.46. The average molecular weight is 281 g/mol. The number of hydrogen-bond acceptors (Lipinski definition) is 3. The number of nitrogens with zero attached hydrogens (tertiary/aromatic N) is 2. The molecular weight excluding hydrogens is 246 g/mol. The van der Waals surface area contributed by atoms with E-state index in [1.165, 1.54) is 58.4 Å². The maximum atomic E-state index is 3.58. The molecule has 2 rings (SSSR count). The highest BCUT2D eigenvalue weighted by molar-refractivity contribution is 4.88. The van der Waals surface area contributed by atoms with Crippen molar-refractivity contribution in [1.29, 1.82) is 0 Å². The zero-order valence-corrected chi connectivity index (χ0v) is 14.1. The molecule has 118 valence electrons. The number of rotatable bonds is 6. The molecule has 2 aliphatic rings. The maximum Gasteiger partial charge on any atom is 0.0110 e. The first-order valence-electron chi connectivity index (χ1n) is 8.68. The van der Waals surface area contributed by atoms with E-state index in [0.717, 1.165) is 17.8 Å². The lowest BCUT2D eigenvalue weighted by atomic mass is 9.72. The summed E-state index contributed by atoms with van der Waals surface area (Å²) in [6, 6.07) is 0.711. The summed E-state index contributed by atoms with van der Waals surface area (Å²) in [6.45, 7) is 11.3. The Morgan fingerprint density at radius 3 is 2.50 bits per heavy atom.